The number of rotatable bonds is 5. The van der Waals surface area contributed by atoms with Crippen molar-refractivity contribution in [3.8, 4) is 0 Å². The Balaban J connectivity index is 1.38. The molecule has 2 nitrogen and oxygen atoms in total. The number of nitrogens with zero attached hydrogens (tertiary/aromatic N) is 1. The van der Waals surface area contributed by atoms with Crippen LogP contribution in [0.15, 0.2) is 42.7 Å². The predicted octanol–water partition coefficient (Wildman–Crippen LogP) is 5.09. The highest BCUT2D eigenvalue weighted by atomic mass is 16.3. The summed E-state index contributed by atoms with van der Waals surface area (Å²) in [5.74, 6) is 1.44. The van der Waals surface area contributed by atoms with Gasteiger partial charge in [0, 0.05) is 19.0 Å². The molecular weight excluding hydrogens is 318 g/mol. The lowest BCUT2D eigenvalue weighted by Gasteiger charge is -2.26. The maximum atomic E-state index is 9.64. The molecule has 1 fully saturated rings. The summed E-state index contributed by atoms with van der Waals surface area (Å²) in [6.45, 7) is 2.56. The number of aromatic nitrogens is 1. The lowest BCUT2D eigenvalue weighted by atomic mass is 9.79. The molecule has 0 radical (unpaired) electrons. The van der Waals surface area contributed by atoms with Crippen LogP contribution in [0.2, 0.25) is 0 Å². The van der Waals surface area contributed by atoms with Gasteiger partial charge in [-0.25, -0.2) is 0 Å². The highest BCUT2D eigenvalue weighted by molar-refractivity contribution is 5.36. The summed E-state index contributed by atoms with van der Waals surface area (Å²) in [6, 6.07) is 11.5. The maximum absolute atomic E-state index is 9.64. The molecule has 0 bridgehead atoms. The number of hydrogen-bond acceptors (Lipinski definition) is 2. The zero-order valence-electron chi connectivity index (χ0n) is 16.0. The first kappa shape index (κ1) is 17.7. The molecule has 26 heavy (non-hydrogen) atoms. The molecule has 4 rings (SSSR count). The van der Waals surface area contributed by atoms with Crippen molar-refractivity contribution in [2.75, 3.05) is 6.61 Å². The third kappa shape index (κ3) is 3.86. The molecule has 2 aliphatic carbocycles. The van der Waals surface area contributed by atoms with Crippen molar-refractivity contribution in [3.05, 3.63) is 65.0 Å². The summed E-state index contributed by atoms with van der Waals surface area (Å²) < 4.78 is 0. The van der Waals surface area contributed by atoms with Gasteiger partial charge in [-0.3, -0.25) is 4.98 Å². The van der Waals surface area contributed by atoms with Crippen LogP contribution in [0.4, 0.5) is 0 Å². The van der Waals surface area contributed by atoms with Crippen molar-refractivity contribution < 1.29 is 5.11 Å². The zero-order chi connectivity index (χ0) is 18.0. The molecule has 0 amide bonds. The summed E-state index contributed by atoms with van der Waals surface area (Å²) in [4.78, 5) is 4.23. The second-order valence-corrected chi connectivity index (χ2v) is 8.95. The largest absolute Gasteiger partial charge is 0.396 e. The quantitative estimate of drug-likeness (QED) is 0.816. The third-order valence-corrected chi connectivity index (χ3v) is 6.81. The minimum atomic E-state index is 0.137. The molecule has 1 saturated carbocycles. The van der Waals surface area contributed by atoms with E-state index in [1.54, 1.807) is 11.1 Å². The normalized spacial score (nSPS) is 28.1. The van der Waals surface area contributed by atoms with E-state index in [4.69, 9.17) is 0 Å². The summed E-state index contributed by atoms with van der Waals surface area (Å²) >= 11 is 0. The van der Waals surface area contributed by atoms with E-state index in [1.165, 1.54) is 43.2 Å². The van der Waals surface area contributed by atoms with Crippen molar-refractivity contribution in [3.63, 3.8) is 0 Å². The van der Waals surface area contributed by atoms with Crippen LogP contribution >= 0.6 is 0 Å². The van der Waals surface area contributed by atoms with Gasteiger partial charge in [-0.05, 0) is 96.9 Å². The van der Waals surface area contributed by atoms with Gasteiger partial charge in [0.05, 0.1) is 0 Å². The van der Waals surface area contributed by atoms with Gasteiger partial charge in [-0.1, -0.05) is 31.2 Å². The molecular formula is C24H31NO. The SMILES string of the molecule is C[C@]1(CO)CC[C@H](c2ccc3c(c2)CC[C@@H](CCc2cccnc2)C3)C1. The number of pyridine rings is 1. The number of fused-ring (bicyclic) bond motifs is 1. The third-order valence-electron chi connectivity index (χ3n) is 6.81. The van der Waals surface area contributed by atoms with E-state index in [-0.39, 0.29) is 5.41 Å². The number of aryl methyl sites for hydroxylation is 2. The number of aliphatic hydroxyl groups is 1. The van der Waals surface area contributed by atoms with Crippen molar-refractivity contribution >= 4 is 0 Å². The van der Waals surface area contributed by atoms with Crippen LogP contribution in [0.25, 0.3) is 0 Å². The molecule has 2 heteroatoms. The Kier molecular flexibility index (Phi) is 5.13. The Morgan fingerprint density at radius 3 is 2.88 bits per heavy atom. The smallest absolute Gasteiger partial charge is 0.0484 e. The number of hydrogen-bond donors (Lipinski definition) is 1. The molecule has 0 spiro atoms. The van der Waals surface area contributed by atoms with E-state index in [0.29, 0.717) is 12.5 Å². The molecule has 1 aromatic carbocycles. The highest BCUT2D eigenvalue weighted by Crippen LogP contribution is 2.46. The minimum absolute atomic E-state index is 0.137. The van der Waals surface area contributed by atoms with E-state index in [9.17, 15) is 5.11 Å². The van der Waals surface area contributed by atoms with Gasteiger partial charge in [0.25, 0.3) is 0 Å². The Hall–Kier alpha value is -1.67. The molecule has 2 aliphatic rings. The number of aliphatic hydroxyl groups excluding tert-OH is 1. The van der Waals surface area contributed by atoms with Crippen molar-refractivity contribution in [1.82, 2.24) is 4.98 Å². The first-order valence-corrected chi connectivity index (χ1v) is 10.3. The van der Waals surface area contributed by atoms with Crippen LogP contribution in [0.1, 0.15) is 67.2 Å². The van der Waals surface area contributed by atoms with Crippen molar-refractivity contribution in [2.24, 2.45) is 11.3 Å². The molecule has 1 aromatic heterocycles. The van der Waals surface area contributed by atoms with Gasteiger partial charge in [0.15, 0.2) is 0 Å². The standard InChI is InChI=1S/C24H31NO/c1-24(17-26)11-10-23(15-24)22-9-8-20-13-18(6-7-21(20)14-22)4-5-19-3-2-12-25-16-19/h2-3,8-9,12,14,16,18,23,26H,4-7,10-11,13,15,17H2,1H3/t18-,23+,24+/m1/s1. The maximum Gasteiger partial charge on any atom is 0.0484 e. The van der Waals surface area contributed by atoms with Gasteiger partial charge in [-0.15, -0.1) is 0 Å². The monoisotopic (exact) mass is 349 g/mol. The van der Waals surface area contributed by atoms with Crippen LogP contribution < -0.4 is 0 Å². The molecule has 0 unspecified atom stereocenters. The van der Waals surface area contributed by atoms with Crippen LogP contribution in [0.5, 0.6) is 0 Å². The molecule has 1 heterocycles. The lowest BCUT2D eigenvalue weighted by Crippen LogP contribution is -2.17. The van der Waals surface area contributed by atoms with E-state index in [2.05, 4.69) is 36.2 Å². The van der Waals surface area contributed by atoms with Gasteiger partial charge < -0.3 is 5.11 Å². The Labute approximate surface area is 157 Å². The van der Waals surface area contributed by atoms with E-state index in [1.807, 2.05) is 18.5 Å². The molecule has 2 aromatic rings. The van der Waals surface area contributed by atoms with Crippen molar-refractivity contribution in [2.45, 2.75) is 64.2 Å². The summed E-state index contributed by atoms with van der Waals surface area (Å²) in [6.07, 6.45) is 13.6. The topological polar surface area (TPSA) is 33.1 Å². The Bertz CT molecular complexity index is 741. The molecule has 138 valence electrons. The Morgan fingerprint density at radius 2 is 2.12 bits per heavy atom. The fourth-order valence-corrected chi connectivity index (χ4v) is 5.02. The van der Waals surface area contributed by atoms with Crippen LogP contribution in [-0.4, -0.2) is 16.7 Å². The summed E-state index contributed by atoms with van der Waals surface area (Å²) in [7, 11) is 0. The summed E-state index contributed by atoms with van der Waals surface area (Å²) in [5, 5.41) is 9.64. The predicted molar refractivity (Wildman–Crippen MR) is 106 cm³/mol. The summed E-state index contributed by atoms with van der Waals surface area (Å²) in [5.41, 5.74) is 6.16. The van der Waals surface area contributed by atoms with Gasteiger partial charge in [-0.2, -0.15) is 0 Å². The van der Waals surface area contributed by atoms with Crippen LogP contribution in [0.3, 0.4) is 0 Å². The second kappa shape index (κ2) is 7.52. The second-order valence-electron chi connectivity index (χ2n) is 8.95. The molecule has 0 aliphatic heterocycles. The van der Waals surface area contributed by atoms with E-state index < -0.39 is 0 Å². The van der Waals surface area contributed by atoms with E-state index >= 15 is 0 Å². The van der Waals surface area contributed by atoms with Gasteiger partial charge in [0.2, 0.25) is 0 Å². The lowest BCUT2D eigenvalue weighted by molar-refractivity contribution is 0.147. The first-order valence-electron chi connectivity index (χ1n) is 10.3. The first-order chi connectivity index (χ1) is 12.6. The average Bonchev–Trinajstić information content (AvgIpc) is 3.09. The molecule has 3 atom stereocenters. The van der Waals surface area contributed by atoms with Gasteiger partial charge in [0.1, 0.15) is 0 Å². The fraction of sp³-hybridized carbons (Fsp3) is 0.542. The molecule has 1 N–H and O–H groups in total. The Morgan fingerprint density at radius 1 is 1.19 bits per heavy atom. The molecule has 0 saturated heterocycles. The minimum Gasteiger partial charge on any atom is -0.396 e. The number of benzene rings is 1. The van der Waals surface area contributed by atoms with Crippen molar-refractivity contribution in [1.29, 1.82) is 0 Å². The van der Waals surface area contributed by atoms with E-state index in [0.717, 1.165) is 25.2 Å². The van der Waals surface area contributed by atoms with Crippen LogP contribution in [0, 0.1) is 11.3 Å². The highest BCUT2D eigenvalue weighted by Gasteiger charge is 2.35. The fourth-order valence-electron chi connectivity index (χ4n) is 5.02. The van der Waals surface area contributed by atoms with Gasteiger partial charge >= 0.3 is 0 Å². The van der Waals surface area contributed by atoms with Crippen LogP contribution in [-0.2, 0) is 19.3 Å². The average molecular weight is 350 g/mol. The zero-order valence-corrected chi connectivity index (χ0v) is 16.0.